The van der Waals surface area contributed by atoms with Gasteiger partial charge < -0.3 is 5.21 Å². The smallest absolute Gasteiger partial charge is 0.359 e. The van der Waals surface area contributed by atoms with E-state index < -0.39 is 11.7 Å². The molecule has 1 aromatic carbocycles. The molecule has 1 aromatic heterocycles. The van der Waals surface area contributed by atoms with E-state index in [1.54, 1.807) is 0 Å². The number of halogens is 3. The lowest BCUT2D eigenvalue weighted by Gasteiger charge is -2.06. The number of nitrogens with zero attached hydrogens (tertiary/aromatic N) is 2. The summed E-state index contributed by atoms with van der Waals surface area (Å²) in [6, 6.07) is 4.22. The highest BCUT2D eigenvalue weighted by molar-refractivity contribution is 5.62. The summed E-state index contributed by atoms with van der Waals surface area (Å²) in [5.74, 6) is 5.67. The van der Waals surface area contributed by atoms with Gasteiger partial charge in [-0.25, -0.2) is 0 Å². The minimum atomic E-state index is -4.43. The Balaban J connectivity index is 2.17. The number of aromatic nitrogens is 2. The van der Waals surface area contributed by atoms with E-state index in [0.29, 0.717) is 6.42 Å². The molecular weight excluding hydrogens is 321 g/mol. The van der Waals surface area contributed by atoms with Gasteiger partial charge >= 0.3 is 6.18 Å². The van der Waals surface area contributed by atoms with Crippen LogP contribution in [0.15, 0.2) is 28.9 Å². The summed E-state index contributed by atoms with van der Waals surface area (Å²) in [5.41, 5.74) is -0.372. The predicted molar refractivity (Wildman–Crippen MR) is 81.5 cm³/mol. The maximum absolute atomic E-state index is 12.6. The summed E-state index contributed by atoms with van der Waals surface area (Å²) in [6.07, 6.45) is 0.539. The number of alkyl halides is 3. The predicted octanol–water partition coefficient (Wildman–Crippen LogP) is 4.32. The van der Waals surface area contributed by atoms with Gasteiger partial charge in [-0.1, -0.05) is 32.1 Å². The third-order valence-electron chi connectivity index (χ3n) is 3.46. The fourth-order valence-corrected chi connectivity index (χ4v) is 2.18. The molecule has 0 atom stereocenters. The maximum atomic E-state index is 12.6. The minimum Gasteiger partial charge on any atom is -0.359 e. The normalized spacial score (nSPS) is 11.2. The van der Waals surface area contributed by atoms with Crippen LogP contribution >= 0.6 is 0 Å². The summed E-state index contributed by atoms with van der Waals surface area (Å²) in [6.45, 7) is 2.12. The molecule has 0 aliphatic carbocycles. The molecule has 4 nitrogen and oxygen atoms in total. The molecular formula is C17H17F3N2O2. The molecule has 0 saturated heterocycles. The lowest BCUT2D eigenvalue weighted by molar-refractivity contribution is -0.793. The van der Waals surface area contributed by atoms with Crippen molar-refractivity contribution in [3.05, 3.63) is 40.7 Å². The molecule has 0 aliphatic heterocycles. The number of rotatable bonds is 5. The van der Waals surface area contributed by atoms with Gasteiger partial charge in [-0.2, -0.15) is 13.2 Å². The fourth-order valence-electron chi connectivity index (χ4n) is 2.18. The molecule has 2 aromatic rings. The van der Waals surface area contributed by atoms with Gasteiger partial charge in [-0.15, -0.1) is 0 Å². The van der Waals surface area contributed by atoms with E-state index in [1.807, 2.05) is 0 Å². The van der Waals surface area contributed by atoms with Crippen LogP contribution in [-0.2, 0) is 6.18 Å². The van der Waals surface area contributed by atoms with Crippen molar-refractivity contribution >= 4 is 0 Å². The van der Waals surface area contributed by atoms with Crippen LogP contribution in [-0.4, -0.2) is 5.16 Å². The van der Waals surface area contributed by atoms with E-state index in [9.17, 15) is 18.4 Å². The Morgan fingerprint density at radius 3 is 2.50 bits per heavy atom. The molecule has 7 heteroatoms. The molecule has 0 spiro atoms. The van der Waals surface area contributed by atoms with Crippen molar-refractivity contribution < 1.29 is 22.7 Å². The van der Waals surface area contributed by atoms with Crippen LogP contribution in [0.2, 0.25) is 0 Å². The SMILES string of the molecule is CCCCCCC#Cc1no[n+]([O-])c1-c1ccc(C(F)(F)F)cc1. The first-order valence-electron chi connectivity index (χ1n) is 7.69. The molecule has 24 heavy (non-hydrogen) atoms. The van der Waals surface area contributed by atoms with E-state index in [4.69, 9.17) is 0 Å². The van der Waals surface area contributed by atoms with E-state index >= 15 is 0 Å². The standard InChI is InChI=1S/C17H17F3N2O2/c1-2-3-4-5-6-7-8-15-16(22(23)24-21-15)13-9-11-14(12-10-13)17(18,19)20/h9-12H,2-6H2,1H3. The molecule has 128 valence electrons. The summed E-state index contributed by atoms with van der Waals surface area (Å²) in [4.78, 5) is 0.156. The van der Waals surface area contributed by atoms with Crippen molar-refractivity contribution in [1.82, 2.24) is 5.16 Å². The van der Waals surface area contributed by atoms with E-state index in [2.05, 4.69) is 28.6 Å². The molecule has 0 amide bonds. The van der Waals surface area contributed by atoms with E-state index in [0.717, 1.165) is 37.8 Å². The fraction of sp³-hybridized carbons (Fsp3) is 0.412. The third-order valence-corrected chi connectivity index (χ3v) is 3.46. The number of unbranched alkanes of at least 4 members (excludes halogenated alkanes) is 4. The molecule has 0 aliphatic rings. The Hall–Kier alpha value is -2.49. The topological polar surface area (TPSA) is 53.0 Å². The zero-order chi connectivity index (χ0) is 17.6. The van der Waals surface area contributed by atoms with E-state index in [1.165, 1.54) is 12.1 Å². The van der Waals surface area contributed by atoms with Gasteiger partial charge in [-0.05, 0) is 41.5 Å². The summed E-state index contributed by atoms with van der Waals surface area (Å²) < 4.78 is 42.3. The number of hydrogen-bond acceptors (Lipinski definition) is 3. The van der Waals surface area contributed by atoms with Crippen molar-refractivity contribution in [2.45, 2.75) is 45.2 Å². The lowest BCUT2D eigenvalue weighted by Crippen LogP contribution is -2.25. The van der Waals surface area contributed by atoms with Gasteiger partial charge in [0.1, 0.15) is 0 Å². The first-order chi connectivity index (χ1) is 11.4. The van der Waals surface area contributed by atoms with Gasteiger partial charge in [0.05, 0.1) is 10.7 Å². The zero-order valence-electron chi connectivity index (χ0n) is 13.2. The van der Waals surface area contributed by atoms with E-state index in [-0.39, 0.29) is 21.9 Å². The molecule has 0 N–H and O–H groups in total. The van der Waals surface area contributed by atoms with Crippen molar-refractivity contribution in [3.63, 3.8) is 0 Å². The molecule has 0 saturated carbocycles. The summed E-state index contributed by atoms with van der Waals surface area (Å²) >= 11 is 0. The minimum absolute atomic E-state index is 0.0183. The first kappa shape index (κ1) is 17.9. The van der Waals surface area contributed by atoms with Crippen LogP contribution in [0.1, 0.15) is 50.3 Å². The van der Waals surface area contributed by atoms with Crippen molar-refractivity contribution in [3.8, 4) is 23.1 Å². The molecule has 0 bridgehead atoms. The molecule has 0 unspecified atom stereocenters. The lowest BCUT2D eigenvalue weighted by atomic mass is 10.1. The second-order valence-electron chi connectivity index (χ2n) is 5.31. The third kappa shape index (κ3) is 4.51. The second-order valence-corrected chi connectivity index (χ2v) is 5.31. The second kappa shape index (κ2) is 7.86. The monoisotopic (exact) mass is 338 g/mol. The molecule has 2 rings (SSSR count). The molecule has 0 fully saturated rings. The van der Waals surface area contributed by atoms with Gasteiger partial charge in [-0.3, -0.25) is 4.63 Å². The summed E-state index contributed by atoms with van der Waals surface area (Å²) in [7, 11) is 0. The van der Waals surface area contributed by atoms with Crippen LogP contribution in [0.4, 0.5) is 13.2 Å². The molecule has 0 radical (unpaired) electrons. The van der Waals surface area contributed by atoms with Crippen LogP contribution in [0.3, 0.4) is 0 Å². The van der Waals surface area contributed by atoms with Crippen molar-refractivity contribution in [2.75, 3.05) is 0 Å². The van der Waals surface area contributed by atoms with Gasteiger partial charge in [0, 0.05) is 12.0 Å². The van der Waals surface area contributed by atoms with Gasteiger partial charge in [0.2, 0.25) is 5.69 Å². The maximum Gasteiger partial charge on any atom is 0.416 e. The highest BCUT2D eigenvalue weighted by Gasteiger charge is 2.30. The quantitative estimate of drug-likeness (QED) is 0.463. The Labute approximate surface area is 137 Å². The Bertz CT molecular complexity index is 725. The van der Waals surface area contributed by atoms with Gasteiger partial charge in [0.25, 0.3) is 5.69 Å². The number of benzene rings is 1. The van der Waals surface area contributed by atoms with Crippen LogP contribution < -0.4 is 4.90 Å². The van der Waals surface area contributed by atoms with Crippen molar-refractivity contribution in [2.24, 2.45) is 0 Å². The van der Waals surface area contributed by atoms with Gasteiger partial charge in [0.15, 0.2) is 0 Å². The average molecular weight is 338 g/mol. The van der Waals surface area contributed by atoms with Crippen LogP contribution in [0.25, 0.3) is 11.3 Å². The Kier molecular flexibility index (Phi) is 5.85. The summed E-state index contributed by atoms with van der Waals surface area (Å²) in [5, 5.41) is 15.3. The highest BCUT2D eigenvalue weighted by atomic mass is 19.4. The van der Waals surface area contributed by atoms with Crippen LogP contribution in [0, 0.1) is 17.0 Å². The largest absolute Gasteiger partial charge is 0.416 e. The average Bonchev–Trinajstić information content (AvgIpc) is 2.91. The first-order valence-corrected chi connectivity index (χ1v) is 7.69. The van der Waals surface area contributed by atoms with Crippen LogP contribution in [0.5, 0.6) is 0 Å². The zero-order valence-corrected chi connectivity index (χ0v) is 13.2. The van der Waals surface area contributed by atoms with Crippen molar-refractivity contribution in [1.29, 1.82) is 0 Å². The highest BCUT2D eigenvalue weighted by Crippen LogP contribution is 2.30. The molecule has 1 heterocycles. The number of hydrogen-bond donors (Lipinski definition) is 0. The Morgan fingerprint density at radius 2 is 1.88 bits per heavy atom. The Morgan fingerprint density at radius 1 is 1.17 bits per heavy atom.